The third-order valence-corrected chi connectivity index (χ3v) is 4.55. The van der Waals surface area contributed by atoms with E-state index in [1.807, 2.05) is 20.8 Å². The molecule has 0 aliphatic carbocycles. The zero-order chi connectivity index (χ0) is 20.5. The maximum Gasteiger partial charge on any atom is 0.416 e. The number of alkyl carbamates (subject to hydrolysis) is 1. The Kier molecular flexibility index (Phi) is 9.15. The van der Waals surface area contributed by atoms with Crippen molar-refractivity contribution in [2.75, 3.05) is 18.1 Å². The van der Waals surface area contributed by atoms with Gasteiger partial charge >= 0.3 is 12.3 Å². The number of halogens is 3. The van der Waals surface area contributed by atoms with Crippen LogP contribution in [0.5, 0.6) is 0 Å². The van der Waals surface area contributed by atoms with E-state index in [0.29, 0.717) is 29.9 Å². The molecule has 0 radical (unpaired) electrons. The highest BCUT2D eigenvalue weighted by Crippen LogP contribution is 2.32. The highest BCUT2D eigenvalue weighted by molar-refractivity contribution is 7.99. The molecule has 152 valence electrons. The largest absolute Gasteiger partial charge is 0.449 e. The fourth-order valence-electron chi connectivity index (χ4n) is 2.40. The second kappa shape index (κ2) is 10.6. The van der Waals surface area contributed by atoms with E-state index in [1.165, 1.54) is 17.8 Å². The summed E-state index contributed by atoms with van der Waals surface area (Å²) in [4.78, 5) is 22.2. The van der Waals surface area contributed by atoms with Gasteiger partial charge in [-0.15, -0.1) is 0 Å². The van der Waals surface area contributed by atoms with E-state index in [-0.39, 0.29) is 12.5 Å². The van der Waals surface area contributed by atoms with Crippen LogP contribution in [0, 0.1) is 0 Å². The highest BCUT2D eigenvalue weighted by Gasteiger charge is 2.31. The summed E-state index contributed by atoms with van der Waals surface area (Å²) < 4.78 is 44.2. The van der Waals surface area contributed by atoms with Crippen LogP contribution >= 0.6 is 11.8 Å². The van der Waals surface area contributed by atoms with Crippen LogP contribution in [0.15, 0.2) is 24.3 Å². The standard InChI is InChI=1S/C19H26F3NO3S/c1-18(2,3)23-17(25)26-13-15(7-5-10-27-11-9-24)14-6-4-8-16(12-14)19(20,21)22/h4,6,8-9,12,15H,5,7,10-11,13H2,1-3H3,(H,23,25). The van der Waals surface area contributed by atoms with Crippen LogP contribution in [0.3, 0.4) is 0 Å². The van der Waals surface area contributed by atoms with Gasteiger partial charge in [-0.25, -0.2) is 4.79 Å². The Balaban J connectivity index is 2.81. The Morgan fingerprint density at radius 1 is 1.30 bits per heavy atom. The monoisotopic (exact) mass is 405 g/mol. The number of nitrogens with one attached hydrogen (secondary N) is 1. The molecule has 0 saturated heterocycles. The van der Waals surface area contributed by atoms with E-state index < -0.39 is 23.4 Å². The molecule has 0 saturated carbocycles. The summed E-state index contributed by atoms with van der Waals surface area (Å²) >= 11 is 1.46. The van der Waals surface area contributed by atoms with Gasteiger partial charge in [-0.2, -0.15) is 24.9 Å². The number of amides is 1. The van der Waals surface area contributed by atoms with E-state index in [4.69, 9.17) is 4.74 Å². The Labute approximate surface area is 162 Å². The lowest BCUT2D eigenvalue weighted by Crippen LogP contribution is -2.41. The van der Waals surface area contributed by atoms with Crippen molar-refractivity contribution >= 4 is 24.1 Å². The van der Waals surface area contributed by atoms with Crippen LogP contribution in [0.25, 0.3) is 0 Å². The van der Waals surface area contributed by atoms with Crippen molar-refractivity contribution in [3.8, 4) is 0 Å². The van der Waals surface area contributed by atoms with Crippen LogP contribution in [0.4, 0.5) is 18.0 Å². The van der Waals surface area contributed by atoms with Crippen molar-refractivity contribution in [3.05, 3.63) is 35.4 Å². The van der Waals surface area contributed by atoms with Gasteiger partial charge in [-0.3, -0.25) is 0 Å². The van der Waals surface area contributed by atoms with Gasteiger partial charge in [-0.1, -0.05) is 18.2 Å². The molecule has 1 unspecified atom stereocenters. The topological polar surface area (TPSA) is 55.4 Å². The molecule has 0 heterocycles. The van der Waals surface area contributed by atoms with Gasteiger partial charge in [0.05, 0.1) is 5.56 Å². The minimum absolute atomic E-state index is 0.0123. The highest BCUT2D eigenvalue weighted by atomic mass is 32.2. The van der Waals surface area contributed by atoms with Gasteiger partial charge in [0.15, 0.2) is 0 Å². The van der Waals surface area contributed by atoms with Crippen molar-refractivity contribution in [3.63, 3.8) is 0 Å². The van der Waals surface area contributed by atoms with E-state index in [1.54, 1.807) is 6.07 Å². The van der Waals surface area contributed by atoms with Crippen LogP contribution in [0.1, 0.15) is 50.7 Å². The molecule has 1 rings (SSSR count). The molecule has 1 aromatic carbocycles. The number of hydrogen-bond donors (Lipinski definition) is 1. The lowest BCUT2D eigenvalue weighted by atomic mass is 9.94. The van der Waals surface area contributed by atoms with Crippen molar-refractivity contribution in [1.29, 1.82) is 0 Å². The van der Waals surface area contributed by atoms with Gasteiger partial charge in [0, 0.05) is 17.2 Å². The predicted octanol–water partition coefficient (Wildman–Crippen LogP) is 5.03. The molecule has 0 aliphatic rings. The average Bonchev–Trinajstić information content (AvgIpc) is 2.55. The van der Waals surface area contributed by atoms with E-state index >= 15 is 0 Å². The van der Waals surface area contributed by atoms with Crippen LogP contribution in [-0.4, -0.2) is 36.0 Å². The number of rotatable bonds is 9. The maximum atomic E-state index is 13.0. The van der Waals surface area contributed by atoms with Gasteiger partial charge < -0.3 is 14.8 Å². The molecular weight excluding hydrogens is 379 g/mol. The van der Waals surface area contributed by atoms with E-state index in [0.717, 1.165) is 18.4 Å². The molecule has 0 bridgehead atoms. The van der Waals surface area contributed by atoms with Crippen LogP contribution in [-0.2, 0) is 15.7 Å². The number of carbonyl (C=O) groups excluding carboxylic acids is 2. The summed E-state index contributed by atoms with van der Waals surface area (Å²) in [7, 11) is 0. The SMILES string of the molecule is CC(C)(C)NC(=O)OCC(CCCSCC=O)c1cccc(C(F)(F)F)c1. The minimum Gasteiger partial charge on any atom is -0.449 e. The van der Waals surface area contributed by atoms with Crippen LogP contribution in [0.2, 0.25) is 0 Å². The Bertz CT molecular complexity index is 615. The van der Waals surface area contributed by atoms with Gasteiger partial charge in [-0.05, 0) is 51.0 Å². The molecule has 0 spiro atoms. The predicted molar refractivity (Wildman–Crippen MR) is 101 cm³/mol. The minimum atomic E-state index is -4.43. The zero-order valence-corrected chi connectivity index (χ0v) is 16.6. The lowest BCUT2D eigenvalue weighted by molar-refractivity contribution is -0.137. The number of hydrogen-bond acceptors (Lipinski definition) is 4. The van der Waals surface area contributed by atoms with Crippen molar-refractivity contribution in [2.45, 2.75) is 51.2 Å². The number of aldehydes is 1. The average molecular weight is 405 g/mol. The lowest BCUT2D eigenvalue weighted by Gasteiger charge is -2.23. The molecule has 1 aromatic rings. The molecule has 27 heavy (non-hydrogen) atoms. The molecular formula is C19H26F3NO3S. The fourth-order valence-corrected chi connectivity index (χ4v) is 3.03. The van der Waals surface area contributed by atoms with E-state index in [2.05, 4.69) is 5.32 Å². The third kappa shape index (κ3) is 9.70. The Hall–Kier alpha value is -1.70. The summed E-state index contributed by atoms with van der Waals surface area (Å²) in [5.41, 5.74) is -0.706. The quantitative estimate of drug-likeness (QED) is 0.463. The molecule has 1 amide bonds. The first-order chi connectivity index (χ1) is 12.5. The summed E-state index contributed by atoms with van der Waals surface area (Å²) in [6, 6.07) is 5.10. The molecule has 8 heteroatoms. The van der Waals surface area contributed by atoms with Crippen molar-refractivity contribution < 1.29 is 27.5 Å². The number of thioether (sulfide) groups is 1. The normalized spacial score (nSPS) is 13.1. The molecule has 4 nitrogen and oxygen atoms in total. The Morgan fingerprint density at radius 2 is 2.00 bits per heavy atom. The molecule has 1 N–H and O–H groups in total. The second-order valence-corrected chi connectivity index (χ2v) is 8.33. The molecule has 0 aliphatic heterocycles. The smallest absolute Gasteiger partial charge is 0.416 e. The first kappa shape index (κ1) is 23.3. The van der Waals surface area contributed by atoms with Crippen molar-refractivity contribution in [1.82, 2.24) is 5.32 Å². The number of alkyl halides is 3. The fraction of sp³-hybridized carbons (Fsp3) is 0.579. The summed E-state index contributed by atoms with van der Waals surface area (Å²) in [5.74, 6) is 0.746. The summed E-state index contributed by atoms with van der Waals surface area (Å²) in [5, 5.41) is 2.66. The molecule has 0 aromatic heterocycles. The molecule has 0 fully saturated rings. The number of benzene rings is 1. The van der Waals surface area contributed by atoms with Gasteiger partial charge in [0.2, 0.25) is 0 Å². The maximum absolute atomic E-state index is 13.0. The van der Waals surface area contributed by atoms with Gasteiger partial charge in [0.1, 0.15) is 12.9 Å². The van der Waals surface area contributed by atoms with Gasteiger partial charge in [0.25, 0.3) is 0 Å². The number of ether oxygens (including phenoxy) is 1. The number of carbonyl (C=O) groups is 2. The van der Waals surface area contributed by atoms with Crippen molar-refractivity contribution in [2.24, 2.45) is 0 Å². The first-order valence-electron chi connectivity index (χ1n) is 8.66. The second-order valence-electron chi connectivity index (χ2n) is 7.18. The molecule has 1 atom stereocenters. The van der Waals surface area contributed by atoms with Crippen LogP contribution < -0.4 is 5.32 Å². The van der Waals surface area contributed by atoms with E-state index in [9.17, 15) is 22.8 Å². The summed E-state index contributed by atoms with van der Waals surface area (Å²) in [6.07, 6.45) is -2.96. The Morgan fingerprint density at radius 3 is 2.59 bits per heavy atom. The zero-order valence-electron chi connectivity index (χ0n) is 15.8. The first-order valence-corrected chi connectivity index (χ1v) is 9.82. The summed E-state index contributed by atoms with van der Waals surface area (Å²) in [6.45, 7) is 5.41. The third-order valence-electron chi connectivity index (χ3n) is 3.61.